The molecule has 26 heavy (non-hydrogen) atoms. The van der Waals surface area contributed by atoms with Crippen LogP contribution in [0.25, 0.3) is 10.6 Å². The molecule has 0 saturated carbocycles. The second-order valence-electron chi connectivity index (χ2n) is 6.03. The van der Waals surface area contributed by atoms with Crippen LogP contribution in [-0.2, 0) is 4.74 Å². The quantitative estimate of drug-likeness (QED) is 0.799. The molecule has 0 bridgehead atoms. The van der Waals surface area contributed by atoms with E-state index in [0.717, 1.165) is 10.5 Å². The molecule has 0 N–H and O–H groups in total. The maximum absolute atomic E-state index is 13.7. The zero-order valence-corrected chi connectivity index (χ0v) is 14.6. The Morgan fingerprint density at radius 2 is 2.00 bits per heavy atom. The van der Waals surface area contributed by atoms with E-state index in [-0.39, 0.29) is 18.8 Å². The highest BCUT2D eigenvalue weighted by molar-refractivity contribution is 7.13. The number of thiazole rings is 1. The van der Waals surface area contributed by atoms with E-state index in [2.05, 4.69) is 4.98 Å². The van der Waals surface area contributed by atoms with Gasteiger partial charge in [0, 0.05) is 17.5 Å². The lowest BCUT2D eigenvalue weighted by molar-refractivity contribution is -0.0661. The van der Waals surface area contributed by atoms with Gasteiger partial charge in [0.15, 0.2) is 11.5 Å². The summed E-state index contributed by atoms with van der Waals surface area (Å²) < 4.78 is 43.2. The van der Waals surface area contributed by atoms with Gasteiger partial charge >= 0.3 is 0 Å². The van der Waals surface area contributed by atoms with Crippen molar-refractivity contribution in [1.82, 2.24) is 9.88 Å². The van der Waals surface area contributed by atoms with Crippen molar-refractivity contribution < 1.29 is 27.8 Å². The van der Waals surface area contributed by atoms with Crippen molar-refractivity contribution in [3.63, 3.8) is 0 Å². The first-order valence-electron chi connectivity index (χ1n) is 8.12. The average molecular weight is 382 g/mol. The minimum atomic E-state index is -3.05. The number of hydrogen-bond donors (Lipinski definition) is 0. The van der Waals surface area contributed by atoms with Crippen molar-refractivity contribution in [3.05, 3.63) is 29.3 Å². The summed E-state index contributed by atoms with van der Waals surface area (Å²) in [5, 5.41) is 2.20. The fourth-order valence-electron chi connectivity index (χ4n) is 2.82. The number of benzene rings is 1. The molecular weight excluding hydrogens is 366 g/mol. The summed E-state index contributed by atoms with van der Waals surface area (Å²) in [4.78, 5) is 18.0. The average Bonchev–Trinajstić information content (AvgIpc) is 3.06. The van der Waals surface area contributed by atoms with Gasteiger partial charge in [0.1, 0.15) is 30.5 Å². The lowest BCUT2D eigenvalue weighted by Gasteiger charge is -2.22. The van der Waals surface area contributed by atoms with Crippen LogP contribution < -0.4 is 9.47 Å². The summed E-state index contributed by atoms with van der Waals surface area (Å²) >= 11 is 1.28. The van der Waals surface area contributed by atoms with Gasteiger partial charge in [0.05, 0.1) is 13.2 Å². The molecule has 0 spiro atoms. The molecule has 138 valence electrons. The van der Waals surface area contributed by atoms with Crippen LogP contribution >= 0.6 is 11.3 Å². The monoisotopic (exact) mass is 382 g/mol. The number of aromatic nitrogens is 1. The summed E-state index contributed by atoms with van der Waals surface area (Å²) in [5.74, 6) is -2.28. The second kappa shape index (κ2) is 6.81. The van der Waals surface area contributed by atoms with Crippen LogP contribution in [0.15, 0.2) is 23.6 Å². The molecule has 0 atom stereocenters. The lowest BCUT2D eigenvalue weighted by atomic mass is 10.2. The Kier molecular flexibility index (Phi) is 4.49. The van der Waals surface area contributed by atoms with Gasteiger partial charge in [-0.1, -0.05) is 0 Å². The molecule has 1 aromatic heterocycles. The van der Waals surface area contributed by atoms with Crippen molar-refractivity contribution in [1.29, 1.82) is 0 Å². The fraction of sp³-hybridized carbons (Fsp3) is 0.412. The Bertz CT molecular complexity index is 827. The Labute approximate surface area is 152 Å². The number of fused-ring (bicyclic) bond motifs is 1. The zero-order valence-electron chi connectivity index (χ0n) is 13.7. The topological polar surface area (TPSA) is 60.9 Å². The van der Waals surface area contributed by atoms with Gasteiger partial charge in [-0.15, -0.1) is 11.3 Å². The number of carbonyl (C=O) groups excluding carboxylic acids is 1. The van der Waals surface area contributed by atoms with Crippen molar-refractivity contribution >= 4 is 17.2 Å². The highest BCUT2D eigenvalue weighted by atomic mass is 32.1. The maximum atomic E-state index is 13.7. The lowest BCUT2D eigenvalue weighted by Crippen LogP contribution is -2.41. The smallest absolute Gasteiger partial charge is 0.288 e. The summed E-state index contributed by atoms with van der Waals surface area (Å²) in [7, 11) is 0. The Morgan fingerprint density at radius 1 is 1.19 bits per heavy atom. The van der Waals surface area contributed by atoms with E-state index in [9.17, 15) is 13.6 Å². The minimum Gasteiger partial charge on any atom is -0.486 e. The number of nitrogens with zero attached hydrogens (tertiary/aromatic N) is 2. The molecule has 0 aliphatic carbocycles. The van der Waals surface area contributed by atoms with Gasteiger partial charge in [-0.05, 0) is 18.2 Å². The number of amides is 1. The molecule has 1 saturated heterocycles. The van der Waals surface area contributed by atoms with Crippen LogP contribution in [0.3, 0.4) is 0 Å². The molecular formula is C17H16F2N2O4S. The van der Waals surface area contributed by atoms with Crippen molar-refractivity contribution in [2.24, 2.45) is 0 Å². The highest BCUT2D eigenvalue weighted by Gasteiger charge is 2.37. The van der Waals surface area contributed by atoms with Crippen LogP contribution in [0, 0.1) is 0 Å². The molecule has 1 amide bonds. The number of hydrogen-bond acceptors (Lipinski definition) is 6. The normalized spacial score (nSPS) is 19.1. The maximum Gasteiger partial charge on any atom is 0.288 e. The zero-order chi connectivity index (χ0) is 18.1. The molecule has 4 rings (SSSR count). The van der Waals surface area contributed by atoms with Gasteiger partial charge < -0.3 is 19.1 Å². The minimum absolute atomic E-state index is 0.0838. The highest BCUT2D eigenvalue weighted by Crippen LogP contribution is 2.35. The van der Waals surface area contributed by atoms with E-state index in [1.165, 1.54) is 11.3 Å². The molecule has 2 aliphatic rings. The Balaban J connectivity index is 1.55. The van der Waals surface area contributed by atoms with Crippen molar-refractivity contribution in [3.8, 4) is 22.1 Å². The number of rotatable bonds is 2. The Hall–Kier alpha value is -2.26. The third-order valence-corrected chi connectivity index (χ3v) is 4.93. The van der Waals surface area contributed by atoms with Crippen molar-refractivity contribution in [2.75, 3.05) is 39.5 Å². The van der Waals surface area contributed by atoms with Gasteiger partial charge in [0.25, 0.3) is 11.8 Å². The van der Waals surface area contributed by atoms with Crippen LogP contribution in [-0.4, -0.2) is 61.2 Å². The fourth-order valence-corrected chi connectivity index (χ4v) is 3.61. The standard InChI is InChI=1S/C17H16F2N2O4S/c18-17(19)9-21(3-4-23-10-17)16(22)12-8-26-15(20-12)11-1-2-13-14(7-11)25-6-5-24-13/h1-2,7-8H,3-6,9-10H2. The summed E-state index contributed by atoms with van der Waals surface area (Å²) in [5.41, 5.74) is 0.931. The number of alkyl halides is 2. The van der Waals surface area contributed by atoms with E-state index >= 15 is 0 Å². The predicted molar refractivity (Wildman–Crippen MR) is 90.2 cm³/mol. The molecule has 6 nitrogen and oxygen atoms in total. The summed E-state index contributed by atoms with van der Waals surface area (Å²) in [6.45, 7) is -0.152. The van der Waals surface area contributed by atoms with Gasteiger partial charge in [-0.2, -0.15) is 0 Å². The SMILES string of the molecule is O=C(c1csc(-c2ccc3c(c2)OCCO3)n1)N1CCOCC(F)(F)C1. The van der Waals surface area contributed by atoms with Gasteiger partial charge in [-0.3, -0.25) is 4.79 Å². The predicted octanol–water partition coefficient (Wildman–Crippen LogP) is 2.69. The first kappa shape index (κ1) is 17.2. The van der Waals surface area contributed by atoms with E-state index in [4.69, 9.17) is 14.2 Å². The van der Waals surface area contributed by atoms with Crippen LogP contribution in [0.4, 0.5) is 8.78 Å². The molecule has 0 unspecified atom stereocenters. The molecule has 2 aromatic rings. The molecule has 3 heterocycles. The van der Waals surface area contributed by atoms with Gasteiger partial charge in [0.2, 0.25) is 0 Å². The van der Waals surface area contributed by atoms with Crippen molar-refractivity contribution in [2.45, 2.75) is 5.92 Å². The molecule has 1 fully saturated rings. The molecule has 9 heteroatoms. The van der Waals surface area contributed by atoms with E-state index in [1.807, 2.05) is 6.07 Å². The summed E-state index contributed by atoms with van der Waals surface area (Å²) in [6.07, 6.45) is 0. The van der Waals surface area contributed by atoms with Crippen LogP contribution in [0.1, 0.15) is 10.5 Å². The number of halogens is 2. The molecule has 1 aromatic carbocycles. The van der Waals surface area contributed by atoms with Gasteiger partial charge in [-0.25, -0.2) is 13.8 Å². The third-order valence-electron chi connectivity index (χ3n) is 4.04. The molecule has 2 aliphatic heterocycles. The van der Waals surface area contributed by atoms with Crippen LogP contribution in [0.5, 0.6) is 11.5 Å². The third kappa shape index (κ3) is 3.49. The van der Waals surface area contributed by atoms with E-state index in [0.29, 0.717) is 29.7 Å². The Morgan fingerprint density at radius 3 is 2.85 bits per heavy atom. The number of carbonyl (C=O) groups is 1. The molecule has 0 radical (unpaired) electrons. The number of ether oxygens (including phenoxy) is 3. The largest absolute Gasteiger partial charge is 0.486 e. The first-order valence-corrected chi connectivity index (χ1v) is 9.00. The van der Waals surface area contributed by atoms with Crippen LogP contribution in [0.2, 0.25) is 0 Å². The second-order valence-corrected chi connectivity index (χ2v) is 6.89. The van der Waals surface area contributed by atoms with E-state index < -0.39 is 25.0 Å². The first-order chi connectivity index (χ1) is 12.5. The van der Waals surface area contributed by atoms with E-state index in [1.54, 1.807) is 17.5 Å². The summed E-state index contributed by atoms with van der Waals surface area (Å²) in [6, 6.07) is 5.42.